The predicted molar refractivity (Wildman–Crippen MR) is 40.3 cm³/mol. The van der Waals surface area contributed by atoms with E-state index in [2.05, 4.69) is 17.9 Å². The SMILES string of the molecule is FCC#CC1=CCCCC1. The second-order valence-corrected chi connectivity index (χ2v) is 2.41. The molecule has 1 aliphatic carbocycles. The molecule has 0 fully saturated rings. The largest absolute Gasteiger partial charge is 0.237 e. The lowest BCUT2D eigenvalue weighted by Gasteiger charge is -2.05. The van der Waals surface area contributed by atoms with Crippen LogP contribution in [-0.4, -0.2) is 6.67 Å². The average molecular weight is 138 g/mol. The molecule has 0 aromatic rings. The van der Waals surface area contributed by atoms with Crippen molar-refractivity contribution in [1.82, 2.24) is 0 Å². The Hall–Kier alpha value is -0.770. The fourth-order valence-corrected chi connectivity index (χ4v) is 1.10. The van der Waals surface area contributed by atoms with Gasteiger partial charge in [0.15, 0.2) is 6.67 Å². The van der Waals surface area contributed by atoms with Crippen LogP contribution in [0.4, 0.5) is 4.39 Å². The molecule has 0 nitrogen and oxygen atoms in total. The molecule has 0 heterocycles. The van der Waals surface area contributed by atoms with E-state index in [0.29, 0.717) is 0 Å². The third kappa shape index (κ3) is 2.23. The van der Waals surface area contributed by atoms with Crippen LogP contribution in [-0.2, 0) is 0 Å². The number of alkyl halides is 1. The summed E-state index contributed by atoms with van der Waals surface area (Å²) in [6.07, 6.45) is 6.77. The monoisotopic (exact) mass is 138 g/mol. The Morgan fingerprint density at radius 2 is 2.40 bits per heavy atom. The molecular formula is C9H11F. The maximum absolute atomic E-state index is 11.5. The Morgan fingerprint density at radius 1 is 1.50 bits per heavy atom. The summed E-state index contributed by atoms with van der Waals surface area (Å²) in [4.78, 5) is 0. The zero-order chi connectivity index (χ0) is 7.23. The van der Waals surface area contributed by atoms with E-state index < -0.39 is 6.67 Å². The molecule has 0 N–H and O–H groups in total. The van der Waals surface area contributed by atoms with Crippen LogP contribution in [0.15, 0.2) is 11.6 Å². The van der Waals surface area contributed by atoms with Crippen LogP contribution in [0.2, 0.25) is 0 Å². The first-order valence-corrected chi connectivity index (χ1v) is 3.67. The Balaban J connectivity index is 2.46. The van der Waals surface area contributed by atoms with Crippen LogP contribution in [0.3, 0.4) is 0 Å². The predicted octanol–water partition coefficient (Wildman–Crippen LogP) is 2.46. The summed E-state index contributed by atoms with van der Waals surface area (Å²) in [6.45, 7) is -0.517. The second kappa shape index (κ2) is 4.11. The van der Waals surface area contributed by atoms with Crippen LogP contribution in [0.5, 0.6) is 0 Å². The molecule has 0 radical (unpaired) electrons. The molecule has 0 aromatic carbocycles. The van der Waals surface area contributed by atoms with Crippen LogP contribution < -0.4 is 0 Å². The number of rotatable bonds is 0. The van der Waals surface area contributed by atoms with Gasteiger partial charge in [0.25, 0.3) is 0 Å². The van der Waals surface area contributed by atoms with Crippen molar-refractivity contribution in [2.24, 2.45) is 0 Å². The number of hydrogen-bond acceptors (Lipinski definition) is 0. The van der Waals surface area contributed by atoms with Crippen molar-refractivity contribution in [2.75, 3.05) is 6.67 Å². The molecule has 1 heteroatoms. The van der Waals surface area contributed by atoms with E-state index in [-0.39, 0.29) is 0 Å². The first-order chi connectivity index (χ1) is 4.93. The molecule has 0 unspecified atom stereocenters. The van der Waals surface area contributed by atoms with Crippen molar-refractivity contribution in [1.29, 1.82) is 0 Å². The first kappa shape index (κ1) is 7.34. The van der Waals surface area contributed by atoms with Crippen LogP contribution in [0.1, 0.15) is 25.7 Å². The Labute approximate surface area is 61.1 Å². The highest BCUT2D eigenvalue weighted by molar-refractivity contribution is 5.29. The Morgan fingerprint density at radius 3 is 3.00 bits per heavy atom. The third-order valence-electron chi connectivity index (χ3n) is 1.61. The maximum atomic E-state index is 11.5. The summed E-state index contributed by atoms with van der Waals surface area (Å²) in [5, 5.41) is 0. The average Bonchev–Trinajstić information content (AvgIpc) is 2.03. The molecule has 0 aliphatic heterocycles. The molecule has 1 aliphatic rings. The van der Waals surface area contributed by atoms with Gasteiger partial charge in [-0.2, -0.15) is 0 Å². The fraction of sp³-hybridized carbons (Fsp3) is 0.556. The molecule has 54 valence electrons. The highest BCUT2D eigenvalue weighted by atomic mass is 19.1. The van der Waals surface area contributed by atoms with Gasteiger partial charge in [0.2, 0.25) is 0 Å². The second-order valence-electron chi connectivity index (χ2n) is 2.41. The lowest BCUT2D eigenvalue weighted by Crippen LogP contribution is -1.88. The smallest absolute Gasteiger partial charge is 0.150 e. The van der Waals surface area contributed by atoms with E-state index in [1.807, 2.05) is 0 Å². The zero-order valence-corrected chi connectivity index (χ0v) is 5.99. The van der Waals surface area contributed by atoms with Crippen molar-refractivity contribution in [3.63, 3.8) is 0 Å². The summed E-state index contributed by atoms with van der Waals surface area (Å²) in [6, 6.07) is 0. The van der Waals surface area contributed by atoms with Gasteiger partial charge < -0.3 is 0 Å². The highest BCUT2D eigenvalue weighted by Gasteiger charge is 1.98. The molecule has 0 atom stereocenters. The highest BCUT2D eigenvalue weighted by Crippen LogP contribution is 2.15. The molecular weight excluding hydrogens is 127 g/mol. The van der Waals surface area contributed by atoms with Gasteiger partial charge in [0.1, 0.15) is 0 Å². The molecule has 0 spiro atoms. The quantitative estimate of drug-likeness (QED) is 0.451. The van der Waals surface area contributed by atoms with Gasteiger partial charge >= 0.3 is 0 Å². The molecule has 0 bridgehead atoms. The molecule has 0 saturated heterocycles. The number of halogens is 1. The Kier molecular flexibility index (Phi) is 3.02. The minimum absolute atomic E-state index is 0.517. The summed E-state index contributed by atoms with van der Waals surface area (Å²) in [7, 11) is 0. The van der Waals surface area contributed by atoms with Gasteiger partial charge in [-0.25, -0.2) is 4.39 Å². The zero-order valence-electron chi connectivity index (χ0n) is 5.99. The normalized spacial score (nSPS) is 17.1. The number of hydrogen-bond donors (Lipinski definition) is 0. The molecule has 1 rings (SSSR count). The standard InChI is InChI=1S/C9H11F/c10-8-4-7-9-5-2-1-3-6-9/h5H,1-3,6,8H2. The lowest BCUT2D eigenvalue weighted by atomic mass is 10.0. The van der Waals surface area contributed by atoms with E-state index >= 15 is 0 Å². The topological polar surface area (TPSA) is 0 Å². The van der Waals surface area contributed by atoms with Crippen LogP contribution in [0, 0.1) is 11.8 Å². The van der Waals surface area contributed by atoms with E-state index in [0.717, 1.165) is 18.4 Å². The van der Waals surface area contributed by atoms with Crippen LogP contribution in [0.25, 0.3) is 0 Å². The summed E-state index contributed by atoms with van der Waals surface area (Å²) >= 11 is 0. The van der Waals surface area contributed by atoms with Gasteiger partial charge in [-0.3, -0.25) is 0 Å². The van der Waals surface area contributed by atoms with E-state index in [1.54, 1.807) is 0 Å². The van der Waals surface area contributed by atoms with E-state index in [9.17, 15) is 4.39 Å². The molecule has 0 aromatic heterocycles. The number of allylic oxidation sites excluding steroid dienone is 2. The van der Waals surface area contributed by atoms with E-state index in [4.69, 9.17) is 0 Å². The van der Waals surface area contributed by atoms with Crippen molar-refractivity contribution in [3.05, 3.63) is 11.6 Å². The minimum Gasteiger partial charge on any atom is -0.237 e. The third-order valence-corrected chi connectivity index (χ3v) is 1.61. The van der Waals surface area contributed by atoms with Gasteiger partial charge in [-0.15, -0.1) is 0 Å². The lowest BCUT2D eigenvalue weighted by molar-refractivity contribution is 0.573. The molecule has 0 saturated carbocycles. The molecule has 0 amide bonds. The fourth-order valence-electron chi connectivity index (χ4n) is 1.10. The Bertz CT molecular complexity index is 181. The van der Waals surface area contributed by atoms with Gasteiger partial charge in [0, 0.05) is 0 Å². The first-order valence-electron chi connectivity index (χ1n) is 3.67. The van der Waals surface area contributed by atoms with Crippen LogP contribution >= 0.6 is 0 Å². The summed E-state index contributed by atoms with van der Waals surface area (Å²) in [5.41, 5.74) is 1.13. The van der Waals surface area contributed by atoms with Crippen molar-refractivity contribution in [3.8, 4) is 11.8 Å². The molecule has 10 heavy (non-hydrogen) atoms. The van der Waals surface area contributed by atoms with Crippen molar-refractivity contribution < 1.29 is 4.39 Å². The summed E-state index contributed by atoms with van der Waals surface area (Å²) in [5.74, 6) is 5.24. The van der Waals surface area contributed by atoms with Gasteiger partial charge in [-0.05, 0) is 31.3 Å². The van der Waals surface area contributed by atoms with Gasteiger partial charge in [0.05, 0.1) is 0 Å². The van der Waals surface area contributed by atoms with E-state index in [1.165, 1.54) is 12.8 Å². The summed E-state index contributed by atoms with van der Waals surface area (Å²) < 4.78 is 11.5. The van der Waals surface area contributed by atoms with Gasteiger partial charge in [-0.1, -0.05) is 17.9 Å². The van der Waals surface area contributed by atoms with Crippen molar-refractivity contribution in [2.45, 2.75) is 25.7 Å². The minimum atomic E-state index is -0.517. The van der Waals surface area contributed by atoms with Crippen molar-refractivity contribution >= 4 is 0 Å². The maximum Gasteiger partial charge on any atom is 0.150 e.